The van der Waals surface area contributed by atoms with Gasteiger partial charge in [-0.2, -0.15) is 0 Å². The summed E-state index contributed by atoms with van der Waals surface area (Å²) in [4.78, 5) is 42.8. The number of carbonyl (C=O) groups excluding carboxylic acids is 3. The third kappa shape index (κ3) is 7.30. The summed E-state index contributed by atoms with van der Waals surface area (Å²) in [5, 5.41) is 5.73. The van der Waals surface area contributed by atoms with E-state index >= 15 is 0 Å². The number of nitrogens with one attached hydrogen (secondary N) is 2. The molecule has 0 aliphatic carbocycles. The Balaban J connectivity index is 1.53. The van der Waals surface area contributed by atoms with Crippen LogP contribution >= 0.6 is 0 Å². The lowest BCUT2D eigenvalue weighted by molar-refractivity contribution is -0.116. The van der Waals surface area contributed by atoms with Crippen LogP contribution in [0.5, 0.6) is 0 Å². The van der Waals surface area contributed by atoms with Gasteiger partial charge in [0.2, 0.25) is 5.91 Å². The van der Waals surface area contributed by atoms with Crippen LogP contribution in [0.4, 0.5) is 20.6 Å². The zero-order valence-electron chi connectivity index (χ0n) is 20.2. The molecular weight excluding hydrogens is 449 g/mol. The lowest BCUT2D eigenvalue weighted by Gasteiger charge is -2.36. The molecule has 0 unspecified atom stereocenters. The highest BCUT2D eigenvalue weighted by Crippen LogP contribution is 2.20. The molecule has 9 heteroatoms. The number of amides is 4. The first kappa shape index (κ1) is 25.7. The maximum absolute atomic E-state index is 13.2. The number of hydrogen-bond donors (Lipinski definition) is 2. The van der Waals surface area contributed by atoms with E-state index in [1.165, 1.54) is 35.2 Å². The molecule has 0 saturated carbocycles. The Morgan fingerprint density at radius 3 is 2.23 bits per heavy atom. The van der Waals surface area contributed by atoms with Crippen LogP contribution in [0.15, 0.2) is 61.2 Å². The number of piperazine rings is 1. The summed E-state index contributed by atoms with van der Waals surface area (Å²) >= 11 is 0. The molecule has 0 radical (unpaired) electrons. The molecule has 0 aromatic heterocycles. The first-order chi connectivity index (χ1) is 16.8. The minimum Gasteiger partial charge on any atom is -0.368 e. The molecule has 35 heavy (non-hydrogen) atoms. The van der Waals surface area contributed by atoms with Gasteiger partial charge in [-0.15, -0.1) is 6.58 Å². The third-order valence-corrected chi connectivity index (χ3v) is 5.56. The van der Waals surface area contributed by atoms with Crippen molar-refractivity contribution in [2.75, 3.05) is 49.5 Å². The molecule has 1 heterocycles. The average Bonchev–Trinajstić information content (AvgIpc) is 2.84. The summed E-state index contributed by atoms with van der Waals surface area (Å²) in [6, 6.07) is 12.7. The number of urea groups is 1. The van der Waals surface area contributed by atoms with E-state index in [9.17, 15) is 18.8 Å². The molecular formula is C26H32FN5O3. The fraction of sp³-hybridized carbons (Fsp3) is 0.346. The summed E-state index contributed by atoms with van der Waals surface area (Å²) in [6.07, 6.45) is 1.54. The van der Waals surface area contributed by atoms with Crippen molar-refractivity contribution in [2.24, 2.45) is 0 Å². The topological polar surface area (TPSA) is 85.0 Å². The number of anilines is 2. The molecule has 1 aliphatic heterocycles. The SMILES string of the molecule is C=CCN(CC(=O)Nc1ccc(N2CCN(C(=O)NC(C)C)CC2)cc1)C(=O)c1ccc(F)cc1. The Labute approximate surface area is 205 Å². The van der Waals surface area contributed by atoms with E-state index in [2.05, 4.69) is 22.1 Å². The van der Waals surface area contributed by atoms with E-state index in [0.717, 1.165) is 18.8 Å². The quantitative estimate of drug-likeness (QED) is 0.567. The summed E-state index contributed by atoms with van der Waals surface area (Å²) in [6.45, 7) is 10.3. The van der Waals surface area contributed by atoms with Gasteiger partial charge in [0, 0.05) is 55.7 Å². The van der Waals surface area contributed by atoms with Gasteiger partial charge in [-0.25, -0.2) is 9.18 Å². The smallest absolute Gasteiger partial charge is 0.317 e. The van der Waals surface area contributed by atoms with Crippen LogP contribution in [0, 0.1) is 5.82 Å². The molecule has 0 spiro atoms. The highest BCUT2D eigenvalue weighted by Gasteiger charge is 2.22. The third-order valence-electron chi connectivity index (χ3n) is 5.56. The number of carbonyl (C=O) groups is 3. The van der Waals surface area contributed by atoms with E-state index in [0.29, 0.717) is 24.3 Å². The predicted molar refractivity (Wildman–Crippen MR) is 135 cm³/mol. The normalized spacial score (nSPS) is 13.4. The lowest BCUT2D eigenvalue weighted by Crippen LogP contribution is -2.52. The average molecular weight is 482 g/mol. The van der Waals surface area contributed by atoms with Crippen molar-refractivity contribution in [3.8, 4) is 0 Å². The first-order valence-corrected chi connectivity index (χ1v) is 11.6. The van der Waals surface area contributed by atoms with E-state index in [4.69, 9.17) is 0 Å². The fourth-order valence-electron chi connectivity index (χ4n) is 3.79. The molecule has 2 aromatic rings. The molecule has 1 aliphatic rings. The Morgan fingerprint density at radius 2 is 1.66 bits per heavy atom. The number of benzene rings is 2. The van der Waals surface area contributed by atoms with E-state index in [1.54, 1.807) is 0 Å². The molecule has 2 aromatic carbocycles. The molecule has 1 fully saturated rings. The van der Waals surface area contributed by atoms with Gasteiger partial charge in [0.15, 0.2) is 0 Å². The van der Waals surface area contributed by atoms with Crippen LogP contribution in [0.25, 0.3) is 0 Å². The number of nitrogens with zero attached hydrogens (tertiary/aromatic N) is 3. The monoisotopic (exact) mass is 481 g/mol. The molecule has 1 saturated heterocycles. The number of hydrogen-bond acceptors (Lipinski definition) is 4. The summed E-state index contributed by atoms with van der Waals surface area (Å²) < 4.78 is 13.2. The highest BCUT2D eigenvalue weighted by atomic mass is 19.1. The van der Waals surface area contributed by atoms with E-state index < -0.39 is 5.82 Å². The van der Waals surface area contributed by atoms with Gasteiger partial charge in [0.05, 0.1) is 0 Å². The fourth-order valence-corrected chi connectivity index (χ4v) is 3.79. The van der Waals surface area contributed by atoms with Crippen LogP contribution in [-0.4, -0.2) is 73.0 Å². The summed E-state index contributed by atoms with van der Waals surface area (Å²) in [7, 11) is 0. The van der Waals surface area contributed by atoms with Gasteiger partial charge >= 0.3 is 6.03 Å². The van der Waals surface area contributed by atoms with Gasteiger partial charge in [-0.05, 0) is 62.4 Å². The second kappa shape index (κ2) is 12.0. The molecule has 0 bridgehead atoms. The van der Waals surface area contributed by atoms with Crippen LogP contribution in [0.1, 0.15) is 24.2 Å². The number of halogens is 1. The molecule has 186 valence electrons. The minimum atomic E-state index is -0.434. The van der Waals surface area contributed by atoms with Crippen molar-refractivity contribution < 1.29 is 18.8 Å². The Kier molecular flexibility index (Phi) is 8.83. The number of rotatable bonds is 8. The molecule has 4 amide bonds. The van der Waals surface area contributed by atoms with Crippen molar-refractivity contribution in [3.63, 3.8) is 0 Å². The van der Waals surface area contributed by atoms with Crippen LogP contribution in [-0.2, 0) is 4.79 Å². The van der Waals surface area contributed by atoms with Crippen LogP contribution in [0.2, 0.25) is 0 Å². The molecule has 8 nitrogen and oxygen atoms in total. The Hall–Kier alpha value is -3.88. The van der Waals surface area contributed by atoms with Gasteiger partial charge < -0.3 is 25.3 Å². The molecule has 0 atom stereocenters. The van der Waals surface area contributed by atoms with Crippen molar-refractivity contribution >= 4 is 29.2 Å². The van der Waals surface area contributed by atoms with Gasteiger partial charge in [-0.3, -0.25) is 9.59 Å². The van der Waals surface area contributed by atoms with Crippen molar-refractivity contribution in [1.29, 1.82) is 0 Å². The van der Waals surface area contributed by atoms with Gasteiger partial charge in [-0.1, -0.05) is 6.08 Å². The molecule has 3 rings (SSSR count). The van der Waals surface area contributed by atoms with Crippen molar-refractivity contribution in [2.45, 2.75) is 19.9 Å². The second-order valence-electron chi connectivity index (χ2n) is 8.65. The second-order valence-corrected chi connectivity index (χ2v) is 8.65. The van der Waals surface area contributed by atoms with Crippen LogP contribution in [0.3, 0.4) is 0 Å². The first-order valence-electron chi connectivity index (χ1n) is 11.6. The zero-order valence-corrected chi connectivity index (χ0v) is 20.2. The largest absolute Gasteiger partial charge is 0.368 e. The van der Waals surface area contributed by atoms with Gasteiger partial charge in [0.1, 0.15) is 12.4 Å². The van der Waals surface area contributed by atoms with Crippen molar-refractivity contribution in [1.82, 2.24) is 15.1 Å². The zero-order chi connectivity index (χ0) is 25.4. The Bertz CT molecular complexity index is 1030. The maximum atomic E-state index is 13.2. The minimum absolute atomic E-state index is 0.0406. The lowest BCUT2D eigenvalue weighted by atomic mass is 10.2. The van der Waals surface area contributed by atoms with Gasteiger partial charge in [0.25, 0.3) is 5.91 Å². The predicted octanol–water partition coefficient (Wildman–Crippen LogP) is 3.33. The van der Waals surface area contributed by atoms with Crippen LogP contribution < -0.4 is 15.5 Å². The highest BCUT2D eigenvalue weighted by molar-refractivity contribution is 5.99. The van der Waals surface area contributed by atoms with E-state index in [1.807, 2.05) is 43.0 Å². The van der Waals surface area contributed by atoms with Crippen molar-refractivity contribution in [3.05, 3.63) is 72.6 Å². The summed E-state index contributed by atoms with van der Waals surface area (Å²) in [5.74, 6) is -1.16. The molecule has 2 N–H and O–H groups in total. The van der Waals surface area contributed by atoms with E-state index in [-0.39, 0.29) is 37.0 Å². The summed E-state index contributed by atoms with van der Waals surface area (Å²) in [5.41, 5.74) is 1.92. The Morgan fingerprint density at radius 1 is 1.03 bits per heavy atom. The standard InChI is InChI=1S/C26H32FN5O3/c1-4-13-32(25(34)20-5-7-21(27)8-6-20)18-24(33)29-22-9-11-23(12-10-22)30-14-16-31(17-15-30)26(35)28-19(2)3/h4-12,19H,1,13-18H2,2-3H3,(H,28,35)(H,29,33). The maximum Gasteiger partial charge on any atom is 0.317 e.